The van der Waals surface area contributed by atoms with Gasteiger partial charge in [-0.25, -0.2) is 9.59 Å². The van der Waals surface area contributed by atoms with Gasteiger partial charge in [0.15, 0.2) is 5.54 Å². The van der Waals surface area contributed by atoms with E-state index in [1.807, 2.05) is 0 Å². The summed E-state index contributed by atoms with van der Waals surface area (Å²) in [5, 5.41) is 14.6. The Bertz CT molecular complexity index is 334. The second kappa shape index (κ2) is 6.23. The average molecular weight is 270 g/mol. The molecule has 6 nitrogen and oxygen atoms in total. The summed E-state index contributed by atoms with van der Waals surface area (Å²) in [6.07, 6.45) is 6.34. The van der Waals surface area contributed by atoms with Crippen molar-refractivity contribution in [3.05, 3.63) is 0 Å². The first-order valence-electron chi connectivity index (χ1n) is 6.99. The fraction of sp³-hybridized carbons (Fsp3) is 0.846. The van der Waals surface area contributed by atoms with Gasteiger partial charge >= 0.3 is 12.0 Å². The molecule has 1 saturated carbocycles. The molecule has 19 heavy (non-hydrogen) atoms. The number of hydrogen-bond acceptors (Lipinski definition) is 3. The Balaban J connectivity index is 1.78. The molecule has 0 spiro atoms. The topological polar surface area (TPSA) is 87.7 Å². The van der Waals surface area contributed by atoms with Crippen molar-refractivity contribution in [2.45, 2.75) is 44.1 Å². The number of carbonyl (C=O) groups is 2. The maximum absolute atomic E-state index is 11.8. The summed E-state index contributed by atoms with van der Waals surface area (Å²) < 4.78 is 5.09. The SMILES string of the molecule is O=C(NCC1CCCCC1)NC1(C(=O)O)CCOC1. The molecular formula is C13H22N2O4. The summed E-state index contributed by atoms with van der Waals surface area (Å²) >= 11 is 0. The molecule has 1 saturated heterocycles. The molecule has 1 aliphatic heterocycles. The van der Waals surface area contributed by atoms with Crippen LogP contribution >= 0.6 is 0 Å². The summed E-state index contributed by atoms with van der Waals surface area (Å²) in [4.78, 5) is 23.1. The maximum Gasteiger partial charge on any atom is 0.332 e. The second-order valence-corrected chi connectivity index (χ2v) is 5.53. The fourth-order valence-corrected chi connectivity index (χ4v) is 2.78. The Morgan fingerprint density at radius 2 is 2.00 bits per heavy atom. The van der Waals surface area contributed by atoms with Crippen LogP contribution in [0.4, 0.5) is 4.79 Å². The van der Waals surface area contributed by atoms with E-state index in [0.717, 1.165) is 12.8 Å². The number of urea groups is 1. The minimum Gasteiger partial charge on any atom is -0.479 e. The highest BCUT2D eigenvalue weighted by Gasteiger charge is 2.44. The number of amides is 2. The van der Waals surface area contributed by atoms with Crippen molar-refractivity contribution in [3.8, 4) is 0 Å². The van der Waals surface area contributed by atoms with E-state index >= 15 is 0 Å². The lowest BCUT2D eigenvalue weighted by molar-refractivity contribution is -0.144. The molecule has 0 aromatic heterocycles. The molecule has 1 unspecified atom stereocenters. The molecular weight excluding hydrogens is 248 g/mol. The summed E-state index contributed by atoms with van der Waals surface area (Å²) in [5.41, 5.74) is -1.25. The number of carboxylic acid groups (broad SMARTS) is 1. The third-order valence-corrected chi connectivity index (χ3v) is 4.06. The predicted molar refractivity (Wildman–Crippen MR) is 68.9 cm³/mol. The van der Waals surface area contributed by atoms with Crippen LogP contribution in [0.5, 0.6) is 0 Å². The van der Waals surface area contributed by atoms with Crippen LogP contribution in [0.2, 0.25) is 0 Å². The monoisotopic (exact) mass is 270 g/mol. The standard InChI is InChI=1S/C13H22N2O4/c16-11(17)13(6-7-19-9-13)15-12(18)14-8-10-4-2-1-3-5-10/h10H,1-9H2,(H,16,17)(H2,14,15,18). The van der Waals surface area contributed by atoms with Gasteiger partial charge in [-0.3, -0.25) is 0 Å². The van der Waals surface area contributed by atoms with Crippen molar-refractivity contribution >= 4 is 12.0 Å². The predicted octanol–water partition coefficient (Wildman–Crippen LogP) is 1.11. The molecule has 0 aromatic carbocycles. The minimum absolute atomic E-state index is 0.0409. The van der Waals surface area contributed by atoms with Crippen molar-refractivity contribution in [1.82, 2.24) is 10.6 Å². The second-order valence-electron chi connectivity index (χ2n) is 5.53. The van der Waals surface area contributed by atoms with Crippen LogP contribution in [-0.4, -0.2) is 42.4 Å². The van der Waals surface area contributed by atoms with E-state index in [9.17, 15) is 14.7 Å². The molecule has 6 heteroatoms. The Morgan fingerprint density at radius 1 is 1.26 bits per heavy atom. The van der Waals surface area contributed by atoms with Gasteiger partial charge in [-0.15, -0.1) is 0 Å². The lowest BCUT2D eigenvalue weighted by Crippen LogP contribution is -2.58. The van der Waals surface area contributed by atoms with Crippen molar-refractivity contribution in [1.29, 1.82) is 0 Å². The third kappa shape index (κ3) is 3.59. The third-order valence-electron chi connectivity index (χ3n) is 4.06. The molecule has 1 heterocycles. The summed E-state index contributed by atoms with van der Waals surface area (Å²) in [5.74, 6) is -0.502. The van der Waals surface area contributed by atoms with Crippen molar-refractivity contribution in [3.63, 3.8) is 0 Å². The first kappa shape index (κ1) is 14.1. The van der Waals surface area contributed by atoms with Gasteiger partial charge in [-0.1, -0.05) is 19.3 Å². The van der Waals surface area contributed by atoms with Crippen LogP contribution in [0, 0.1) is 5.92 Å². The van der Waals surface area contributed by atoms with E-state index in [4.69, 9.17) is 4.74 Å². The number of rotatable bonds is 4. The number of ether oxygens (including phenoxy) is 1. The molecule has 108 valence electrons. The van der Waals surface area contributed by atoms with E-state index in [2.05, 4.69) is 10.6 Å². The smallest absolute Gasteiger partial charge is 0.332 e. The van der Waals surface area contributed by atoms with Gasteiger partial charge in [-0.2, -0.15) is 0 Å². The van der Waals surface area contributed by atoms with E-state index in [1.165, 1.54) is 19.3 Å². The van der Waals surface area contributed by atoms with Gasteiger partial charge in [0.25, 0.3) is 0 Å². The molecule has 0 radical (unpaired) electrons. The van der Waals surface area contributed by atoms with Crippen molar-refractivity contribution in [2.75, 3.05) is 19.8 Å². The Labute approximate surface area is 112 Å². The number of hydrogen-bond donors (Lipinski definition) is 3. The molecule has 2 aliphatic rings. The molecule has 1 atom stereocenters. The van der Waals surface area contributed by atoms with E-state index in [-0.39, 0.29) is 6.61 Å². The Kier molecular flexibility index (Phi) is 4.63. The zero-order valence-corrected chi connectivity index (χ0v) is 11.1. The number of carbonyl (C=O) groups excluding carboxylic acids is 1. The fourth-order valence-electron chi connectivity index (χ4n) is 2.78. The van der Waals surface area contributed by atoms with Crippen LogP contribution < -0.4 is 10.6 Å². The normalized spacial score (nSPS) is 28.0. The van der Waals surface area contributed by atoms with Crippen LogP contribution in [0.3, 0.4) is 0 Å². The minimum atomic E-state index is -1.25. The first-order chi connectivity index (χ1) is 9.12. The van der Waals surface area contributed by atoms with Crippen LogP contribution in [0.25, 0.3) is 0 Å². The van der Waals surface area contributed by atoms with E-state index < -0.39 is 17.5 Å². The number of aliphatic carboxylic acids is 1. The molecule has 3 N–H and O–H groups in total. The van der Waals surface area contributed by atoms with Crippen molar-refractivity contribution in [2.24, 2.45) is 5.92 Å². The summed E-state index contributed by atoms with van der Waals surface area (Å²) in [6, 6.07) is -0.404. The molecule has 0 bridgehead atoms. The summed E-state index contributed by atoms with van der Waals surface area (Å²) in [6.45, 7) is 1.04. The Morgan fingerprint density at radius 3 is 2.58 bits per heavy atom. The zero-order valence-electron chi connectivity index (χ0n) is 11.1. The highest BCUT2D eigenvalue weighted by atomic mass is 16.5. The van der Waals surface area contributed by atoms with Crippen LogP contribution in [0.1, 0.15) is 38.5 Å². The number of carboxylic acids is 1. The van der Waals surface area contributed by atoms with Gasteiger partial charge < -0.3 is 20.5 Å². The zero-order chi connectivity index (χ0) is 13.7. The lowest BCUT2D eigenvalue weighted by atomic mass is 9.89. The maximum atomic E-state index is 11.8. The average Bonchev–Trinajstić information content (AvgIpc) is 2.87. The van der Waals surface area contributed by atoms with Gasteiger partial charge in [0, 0.05) is 19.6 Å². The van der Waals surface area contributed by atoms with Gasteiger partial charge in [0.2, 0.25) is 0 Å². The van der Waals surface area contributed by atoms with Crippen molar-refractivity contribution < 1.29 is 19.4 Å². The van der Waals surface area contributed by atoms with Gasteiger partial charge in [0.1, 0.15) is 0 Å². The summed E-state index contributed by atoms with van der Waals surface area (Å²) in [7, 11) is 0. The number of nitrogens with one attached hydrogen (secondary N) is 2. The molecule has 2 amide bonds. The van der Waals surface area contributed by atoms with Crippen LogP contribution in [-0.2, 0) is 9.53 Å². The highest BCUT2D eigenvalue weighted by Crippen LogP contribution is 2.23. The van der Waals surface area contributed by atoms with Crippen LogP contribution in [0.15, 0.2) is 0 Å². The molecule has 2 fully saturated rings. The van der Waals surface area contributed by atoms with Gasteiger partial charge in [0.05, 0.1) is 6.61 Å². The van der Waals surface area contributed by atoms with E-state index in [1.54, 1.807) is 0 Å². The lowest BCUT2D eigenvalue weighted by Gasteiger charge is -2.26. The largest absolute Gasteiger partial charge is 0.479 e. The Hall–Kier alpha value is -1.30. The molecule has 1 aliphatic carbocycles. The quantitative estimate of drug-likeness (QED) is 0.714. The molecule has 2 rings (SSSR count). The van der Waals surface area contributed by atoms with Gasteiger partial charge in [-0.05, 0) is 18.8 Å². The highest BCUT2D eigenvalue weighted by molar-refractivity contribution is 5.86. The first-order valence-corrected chi connectivity index (χ1v) is 6.99. The molecule has 0 aromatic rings. The van der Waals surface area contributed by atoms with E-state index in [0.29, 0.717) is 25.5 Å².